The van der Waals surface area contributed by atoms with E-state index >= 15 is 0 Å². The van der Waals surface area contributed by atoms with Gasteiger partial charge in [0.25, 0.3) is 5.91 Å². The maximum atomic E-state index is 13.0. The quantitative estimate of drug-likeness (QED) is 0.855. The lowest BCUT2D eigenvalue weighted by Crippen LogP contribution is -2.32. The normalized spacial score (nSPS) is 17.7. The molecule has 3 heterocycles. The Balaban J connectivity index is 1.87. The molecule has 0 saturated carbocycles. The lowest BCUT2D eigenvalue weighted by atomic mass is 10.1. The van der Waals surface area contributed by atoms with Gasteiger partial charge < -0.3 is 14.3 Å². The Morgan fingerprint density at radius 2 is 2.21 bits per heavy atom. The summed E-state index contributed by atoms with van der Waals surface area (Å²) in [4.78, 5) is 26.0. The zero-order valence-corrected chi connectivity index (χ0v) is 14.6. The lowest BCUT2D eigenvalue weighted by Gasteiger charge is -2.24. The molecular formula is C17H23N5O2. The average Bonchev–Trinajstić information content (AvgIpc) is 3.13. The molecule has 0 radical (unpaired) electrons. The molecule has 2 aromatic heterocycles. The molecule has 0 unspecified atom stereocenters. The number of aromatic nitrogens is 3. The van der Waals surface area contributed by atoms with E-state index in [-0.39, 0.29) is 11.9 Å². The molecule has 1 atom stereocenters. The van der Waals surface area contributed by atoms with Crippen LogP contribution in [0.2, 0.25) is 0 Å². The number of hydrogen-bond donors (Lipinski definition) is 0. The fourth-order valence-corrected chi connectivity index (χ4v) is 3.20. The molecule has 0 N–H and O–H groups in total. The average molecular weight is 329 g/mol. The molecular weight excluding hydrogens is 306 g/mol. The van der Waals surface area contributed by atoms with Crippen molar-refractivity contribution < 1.29 is 9.32 Å². The third-order valence-corrected chi connectivity index (χ3v) is 4.27. The molecule has 0 aromatic carbocycles. The number of carbonyl (C=O) groups is 1. The van der Waals surface area contributed by atoms with Crippen molar-refractivity contribution in [1.82, 2.24) is 24.9 Å². The fraction of sp³-hybridized carbons (Fsp3) is 0.529. The summed E-state index contributed by atoms with van der Waals surface area (Å²) in [5.41, 5.74) is 2.15. The van der Waals surface area contributed by atoms with Gasteiger partial charge >= 0.3 is 0 Å². The number of rotatable bonds is 4. The van der Waals surface area contributed by atoms with Gasteiger partial charge in [0.1, 0.15) is 11.3 Å². The minimum Gasteiger partial charge on any atom is -0.361 e. The summed E-state index contributed by atoms with van der Waals surface area (Å²) in [7, 11) is 4.01. The highest BCUT2D eigenvalue weighted by molar-refractivity contribution is 5.96. The molecule has 1 fully saturated rings. The van der Waals surface area contributed by atoms with E-state index in [2.05, 4.69) is 20.0 Å². The van der Waals surface area contributed by atoms with E-state index < -0.39 is 0 Å². The molecule has 128 valence electrons. The van der Waals surface area contributed by atoms with E-state index in [9.17, 15) is 4.79 Å². The highest BCUT2D eigenvalue weighted by Gasteiger charge is 2.35. The van der Waals surface area contributed by atoms with Crippen molar-refractivity contribution in [3.63, 3.8) is 0 Å². The van der Waals surface area contributed by atoms with Crippen molar-refractivity contribution in [3.8, 4) is 0 Å². The fourth-order valence-electron chi connectivity index (χ4n) is 3.20. The zero-order valence-electron chi connectivity index (χ0n) is 14.6. The number of hydrogen-bond acceptors (Lipinski definition) is 6. The molecule has 0 aliphatic carbocycles. The minimum atomic E-state index is -0.0895. The highest BCUT2D eigenvalue weighted by atomic mass is 16.5. The first kappa shape index (κ1) is 16.6. The van der Waals surface area contributed by atoms with Gasteiger partial charge in [-0.3, -0.25) is 4.79 Å². The van der Waals surface area contributed by atoms with Gasteiger partial charge in [-0.05, 0) is 46.9 Å². The van der Waals surface area contributed by atoms with Gasteiger partial charge in [-0.1, -0.05) is 5.16 Å². The van der Waals surface area contributed by atoms with Gasteiger partial charge in [-0.25, -0.2) is 9.97 Å². The number of nitrogens with zero attached hydrogens (tertiary/aromatic N) is 5. The molecule has 2 aromatic rings. The van der Waals surface area contributed by atoms with Gasteiger partial charge in [-0.2, -0.15) is 0 Å². The standard InChI is InChI=1S/C17H23N5O2/c1-11-15(12(2)24-20-11)17(23)22-9-5-6-14(22)16-18-8-7-13(19-16)10-21(3)4/h7-8,14H,5-6,9-10H2,1-4H3/t14-/m0/s1. The molecule has 1 amide bonds. The van der Waals surface area contributed by atoms with Crippen LogP contribution >= 0.6 is 0 Å². The first-order valence-electron chi connectivity index (χ1n) is 8.17. The van der Waals surface area contributed by atoms with E-state index in [1.807, 2.05) is 25.1 Å². The van der Waals surface area contributed by atoms with Crippen LogP contribution in [0.5, 0.6) is 0 Å². The van der Waals surface area contributed by atoms with Crippen molar-refractivity contribution in [3.05, 3.63) is 40.8 Å². The Hall–Kier alpha value is -2.28. The first-order chi connectivity index (χ1) is 11.5. The third-order valence-electron chi connectivity index (χ3n) is 4.27. The summed E-state index contributed by atoms with van der Waals surface area (Å²) in [5.74, 6) is 1.23. The second kappa shape index (κ2) is 6.68. The number of aryl methyl sites for hydroxylation is 2. The van der Waals surface area contributed by atoms with Crippen molar-refractivity contribution in [2.75, 3.05) is 20.6 Å². The molecule has 1 aliphatic heterocycles. The van der Waals surface area contributed by atoms with Gasteiger partial charge in [0.2, 0.25) is 0 Å². The number of likely N-dealkylation sites (tertiary alicyclic amines) is 1. The summed E-state index contributed by atoms with van der Waals surface area (Å²) in [6.45, 7) is 5.02. The Bertz CT molecular complexity index is 721. The molecule has 3 rings (SSSR count). The summed E-state index contributed by atoms with van der Waals surface area (Å²) >= 11 is 0. The molecule has 0 spiro atoms. The smallest absolute Gasteiger partial charge is 0.259 e. The molecule has 7 nitrogen and oxygen atoms in total. The van der Waals surface area contributed by atoms with Crippen molar-refractivity contribution in [2.45, 2.75) is 39.3 Å². The largest absolute Gasteiger partial charge is 0.361 e. The molecule has 7 heteroatoms. The summed E-state index contributed by atoms with van der Waals surface area (Å²) in [6, 6.07) is 1.83. The van der Waals surface area contributed by atoms with Crippen LogP contribution in [0.4, 0.5) is 0 Å². The topological polar surface area (TPSA) is 75.4 Å². The number of amides is 1. The van der Waals surface area contributed by atoms with Crippen LogP contribution in [0.15, 0.2) is 16.8 Å². The van der Waals surface area contributed by atoms with Crippen LogP contribution in [0.3, 0.4) is 0 Å². The van der Waals surface area contributed by atoms with Gasteiger partial charge in [0, 0.05) is 19.3 Å². The second-order valence-electron chi connectivity index (χ2n) is 6.50. The van der Waals surface area contributed by atoms with Crippen LogP contribution in [0, 0.1) is 13.8 Å². The van der Waals surface area contributed by atoms with Gasteiger partial charge in [-0.15, -0.1) is 0 Å². The maximum absolute atomic E-state index is 13.0. The first-order valence-corrected chi connectivity index (χ1v) is 8.17. The van der Waals surface area contributed by atoms with Crippen LogP contribution in [0.1, 0.15) is 52.2 Å². The lowest BCUT2D eigenvalue weighted by molar-refractivity contribution is 0.0727. The third kappa shape index (κ3) is 3.17. The monoisotopic (exact) mass is 329 g/mol. The summed E-state index contributed by atoms with van der Waals surface area (Å²) in [6.07, 6.45) is 3.60. The molecule has 1 aliphatic rings. The van der Waals surface area contributed by atoms with E-state index in [0.717, 1.165) is 25.1 Å². The van der Waals surface area contributed by atoms with E-state index in [4.69, 9.17) is 4.52 Å². The van der Waals surface area contributed by atoms with Crippen LogP contribution in [-0.2, 0) is 6.54 Å². The maximum Gasteiger partial charge on any atom is 0.259 e. The zero-order chi connectivity index (χ0) is 17.3. The van der Waals surface area contributed by atoms with Crippen molar-refractivity contribution >= 4 is 5.91 Å². The van der Waals surface area contributed by atoms with E-state index in [1.54, 1.807) is 20.0 Å². The molecule has 24 heavy (non-hydrogen) atoms. The molecule has 0 bridgehead atoms. The minimum absolute atomic E-state index is 0.0460. The van der Waals surface area contributed by atoms with Crippen LogP contribution in [-0.4, -0.2) is 51.5 Å². The predicted octanol–water partition coefficient (Wildman–Crippen LogP) is 2.12. The Morgan fingerprint density at radius 3 is 2.88 bits per heavy atom. The van der Waals surface area contributed by atoms with Crippen molar-refractivity contribution in [1.29, 1.82) is 0 Å². The second-order valence-corrected chi connectivity index (χ2v) is 6.50. The summed E-state index contributed by atoms with van der Waals surface area (Å²) in [5, 5.41) is 3.89. The Kier molecular flexibility index (Phi) is 4.62. The SMILES string of the molecule is Cc1noc(C)c1C(=O)N1CCC[C@H]1c1nccc(CN(C)C)n1. The van der Waals surface area contributed by atoms with Crippen LogP contribution in [0.25, 0.3) is 0 Å². The van der Waals surface area contributed by atoms with E-state index in [1.165, 1.54) is 0 Å². The Labute approximate surface area is 141 Å². The predicted molar refractivity (Wildman–Crippen MR) is 88.4 cm³/mol. The van der Waals surface area contributed by atoms with Crippen molar-refractivity contribution in [2.24, 2.45) is 0 Å². The Morgan fingerprint density at radius 1 is 1.42 bits per heavy atom. The van der Waals surface area contributed by atoms with Gasteiger partial charge in [0.15, 0.2) is 5.82 Å². The van der Waals surface area contributed by atoms with Gasteiger partial charge in [0.05, 0.1) is 17.4 Å². The van der Waals surface area contributed by atoms with Crippen LogP contribution < -0.4 is 0 Å². The summed E-state index contributed by atoms with van der Waals surface area (Å²) < 4.78 is 5.15. The number of carbonyl (C=O) groups excluding carboxylic acids is 1. The highest BCUT2D eigenvalue weighted by Crippen LogP contribution is 2.32. The van der Waals surface area contributed by atoms with E-state index in [0.29, 0.717) is 29.4 Å². The molecule has 1 saturated heterocycles.